The second kappa shape index (κ2) is 29.9. The van der Waals surface area contributed by atoms with Gasteiger partial charge in [-0.15, -0.1) is 0 Å². The molecular formula is C58H91NO15. The number of aliphatic hydroxyl groups excluding tert-OH is 2. The zero-order valence-electron chi connectivity index (χ0n) is 46.0. The molecule has 0 radical (unpaired) electrons. The summed E-state index contributed by atoms with van der Waals surface area (Å²) >= 11 is 0. The quantitative estimate of drug-likeness (QED) is 0.107. The first-order valence-electron chi connectivity index (χ1n) is 27.7. The molecule has 0 aromatic rings. The van der Waals surface area contributed by atoms with Gasteiger partial charge in [-0.1, -0.05) is 71.1 Å². The minimum Gasteiger partial charge on any atom is -0.460 e. The van der Waals surface area contributed by atoms with E-state index in [0.29, 0.717) is 76.6 Å². The van der Waals surface area contributed by atoms with Crippen LogP contribution in [0.5, 0.6) is 0 Å². The Kier molecular flexibility index (Phi) is 24.8. The topological polar surface area (TPSA) is 214 Å². The van der Waals surface area contributed by atoms with Gasteiger partial charge in [0.25, 0.3) is 11.7 Å². The molecule has 0 aromatic heterocycles. The first kappa shape index (κ1) is 61.4. The molecule has 1 saturated carbocycles. The minimum atomic E-state index is -2.46. The van der Waals surface area contributed by atoms with Gasteiger partial charge in [-0.3, -0.25) is 19.2 Å². The number of esters is 1. The smallest absolute Gasteiger partial charge is 0.329 e. The number of carbonyl (C=O) groups is 5. The number of piperidine rings is 1. The summed E-state index contributed by atoms with van der Waals surface area (Å²) in [7, 11) is 3.02. The predicted molar refractivity (Wildman–Crippen MR) is 278 cm³/mol. The maximum Gasteiger partial charge on any atom is 0.329 e. The molecular weight excluding hydrogens is 951 g/mol. The molecule has 3 N–H and O–H groups in total. The summed E-state index contributed by atoms with van der Waals surface area (Å²) in [5.74, 6) is -8.06. The number of hydrogen-bond acceptors (Lipinski definition) is 15. The molecule has 2 unspecified atom stereocenters. The standard InChI is InChI=1S/C58H91NO15/c1-36-17-11-10-12-18-37(2)49(72-35-45-19-14-16-27-70-45)33-44-23-21-42(7)58(67,74-44)55(64)56(65)59-25-15-13-20-46(59)57(66)73-50(39(4)31-43-22-24-48(71-28-26-60)51(32-43)68-8)34-47(61)38(3)30-41(6)53(63)54(69-9)52(62)40(5)29-36/h10-12,17-18,30,36,38-40,42-46,48-51,53-54,60,63,67H,13-16,19-29,31-35H2,1-9H3/b12-10+,17-11+,37-18+,41-30+/t36-,38-,39-,40-,42-,43+,44+,45?,46+,48-,49?,50+,51-,53-,54+,58-/m1/s1. The molecule has 0 aromatic carbocycles. The van der Waals surface area contributed by atoms with Gasteiger partial charge >= 0.3 is 5.97 Å². The molecule has 16 nitrogen and oxygen atoms in total. The number of hydrogen-bond donors (Lipinski definition) is 3. The number of allylic oxidation sites excluding steroid dienone is 6. The van der Waals surface area contributed by atoms with Gasteiger partial charge in [-0.05, 0) is 126 Å². The zero-order valence-corrected chi connectivity index (χ0v) is 46.0. The highest BCUT2D eigenvalue weighted by Gasteiger charge is 2.53. The summed E-state index contributed by atoms with van der Waals surface area (Å²) < 4.78 is 42.5. The SMILES string of the molecule is CO[C@@H]1C[C@H](C[C@@H](C)[C@@H]2CC(=O)[C@H](C)/C=C(\C)[C@@H](O)[C@@H](OC)C(=O)[C@H](C)C[C@H](C)/C=C/C=C/C=C(\C)C(OCC3CCCCO3)C[C@@H]3CC[C@@H](C)[C@@](O)(O3)C(=O)C(=O)N3CCCC[C@H]3C(=O)O2)CC[C@H]1OCCO. The minimum absolute atomic E-state index is 0.00177. The van der Waals surface area contributed by atoms with Crippen molar-refractivity contribution in [3.05, 3.63) is 47.6 Å². The van der Waals surface area contributed by atoms with Crippen molar-refractivity contribution in [1.29, 1.82) is 0 Å². The Morgan fingerprint density at radius 1 is 0.838 bits per heavy atom. The molecule has 5 rings (SSSR count). The van der Waals surface area contributed by atoms with Crippen molar-refractivity contribution in [2.24, 2.45) is 35.5 Å². The molecule has 4 heterocycles. The monoisotopic (exact) mass is 1040 g/mol. The van der Waals surface area contributed by atoms with E-state index in [1.54, 1.807) is 34.0 Å². The van der Waals surface area contributed by atoms with Crippen molar-refractivity contribution < 1.29 is 72.5 Å². The van der Waals surface area contributed by atoms with Crippen LogP contribution in [0.15, 0.2) is 47.6 Å². The van der Waals surface area contributed by atoms with Crippen LogP contribution in [0, 0.1) is 35.5 Å². The highest BCUT2D eigenvalue weighted by Crippen LogP contribution is 2.38. The lowest BCUT2D eigenvalue weighted by molar-refractivity contribution is -0.266. The molecule has 5 aliphatic rings. The van der Waals surface area contributed by atoms with E-state index in [-0.39, 0.29) is 80.2 Å². The molecule has 3 saturated heterocycles. The van der Waals surface area contributed by atoms with Crippen molar-refractivity contribution in [2.75, 3.05) is 47.2 Å². The summed E-state index contributed by atoms with van der Waals surface area (Å²) in [6, 6.07) is -1.16. The van der Waals surface area contributed by atoms with Crippen LogP contribution in [-0.4, -0.2) is 157 Å². The number of ketones is 3. The maximum atomic E-state index is 14.6. The van der Waals surface area contributed by atoms with Crippen LogP contribution >= 0.6 is 0 Å². The van der Waals surface area contributed by atoms with Crippen molar-refractivity contribution >= 4 is 29.2 Å². The van der Waals surface area contributed by atoms with Crippen molar-refractivity contribution in [3.8, 4) is 0 Å². The number of carbonyl (C=O) groups excluding carboxylic acids is 5. The number of methoxy groups -OCH3 is 2. The third-order valence-electron chi connectivity index (χ3n) is 16.3. The maximum absolute atomic E-state index is 14.6. The lowest BCUT2D eigenvalue weighted by atomic mass is 9.78. The molecule has 1 amide bonds. The number of cyclic esters (lactones) is 1. The molecule has 16 heteroatoms. The van der Waals surface area contributed by atoms with Crippen LogP contribution in [0.3, 0.4) is 0 Å². The van der Waals surface area contributed by atoms with Crippen LogP contribution in [0.4, 0.5) is 0 Å². The number of fused-ring (bicyclic) bond motifs is 3. The number of Topliss-reactive ketones (excluding diaryl/α,β-unsaturated/α-hetero) is 3. The van der Waals surface area contributed by atoms with E-state index in [4.69, 9.17) is 33.2 Å². The van der Waals surface area contributed by atoms with Crippen LogP contribution in [-0.2, 0) is 57.1 Å². The molecule has 1 aliphatic carbocycles. The number of aliphatic hydroxyl groups is 3. The lowest BCUT2D eigenvalue weighted by Crippen LogP contribution is -2.61. The van der Waals surface area contributed by atoms with Crippen molar-refractivity contribution in [3.63, 3.8) is 0 Å². The van der Waals surface area contributed by atoms with E-state index in [0.717, 1.165) is 31.3 Å². The van der Waals surface area contributed by atoms with Crippen LogP contribution in [0.25, 0.3) is 0 Å². The van der Waals surface area contributed by atoms with E-state index in [1.807, 2.05) is 58.1 Å². The molecule has 2 bridgehead atoms. The zero-order chi connectivity index (χ0) is 54.1. The van der Waals surface area contributed by atoms with Crippen molar-refractivity contribution in [2.45, 2.75) is 205 Å². The van der Waals surface area contributed by atoms with E-state index in [2.05, 4.69) is 0 Å². The molecule has 16 atom stereocenters. The second-order valence-corrected chi connectivity index (χ2v) is 22.2. The first-order valence-corrected chi connectivity index (χ1v) is 27.7. The van der Waals surface area contributed by atoms with Gasteiger partial charge in [-0.2, -0.15) is 0 Å². The van der Waals surface area contributed by atoms with Gasteiger partial charge in [0.2, 0.25) is 5.79 Å². The van der Waals surface area contributed by atoms with Crippen LogP contribution in [0.1, 0.15) is 145 Å². The second-order valence-electron chi connectivity index (χ2n) is 22.2. The van der Waals surface area contributed by atoms with Crippen LogP contribution < -0.4 is 0 Å². The molecule has 0 spiro atoms. The Morgan fingerprint density at radius 2 is 1.59 bits per heavy atom. The number of rotatable bonds is 11. The molecule has 74 heavy (non-hydrogen) atoms. The van der Waals surface area contributed by atoms with E-state index < -0.39 is 77.8 Å². The Labute approximate surface area is 440 Å². The van der Waals surface area contributed by atoms with E-state index >= 15 is 0 Å². The Hall–Kier alpha value is -3.45. The van der Waals surface area contributed by atoms with Crippen molar-refractivity contribution in [1.82, 2.24) is 4.90 Å². The average Bonchev–Trinajstić information content (AvgIpc) is 3.39. The van der Waals surface area contributed by atoms with Gasteiger partial charge in [0.15, 0.2) is 5.78 Å². The summed E-state index contributed by atoms with van der Waals surface area (Å²) in [5, 5.41) is 33.1. The third-order valence-corrected chi connectivity index (χ3v) is 16.3. The fourth-order valence-corrected chi connectivity index (χ4v) is 11.6. The third kappa shape index (κ3) is 17.0. The molecule has 4 aliphatic heterocycles. The Balaban J connectivity index is 1.47. The highest BCUT2D eigenvalue weighted by atomic mass is 16.6. The fraction of sp³-hybridized carbons (Fsp3) is 0.776. The average molecular weight is 1040 g/mol. The summed E-state index contributed by atoms with van der Waals surface area (Å²) in [6.45, 7) is 14.0. The first-order chi connectivity index (χ1) is 35.3. The number of ether oxygens (including phenoxy) is 7. The van der Waals surface area contributed by atoms with E-state index in [9.17, 15) is 39.3 Å². The normalized spacial score (nSPS) is 39.2. The van der Waals surface area contributed by atoms with Gasteiger partial charge in [0, 0.05) is 58.0 Å². The van der Waals surface area contributed by atoms with Gasteiger partial charge < -0.3 is 53.4 Å². The highest BCUT2D eigenvalue weighted by molar-refractivity contribution is 6.39. The fourth-order valence-electron chi connectivity index (χ4n) is 11.6. The molecule has 4 fully saturated rings. The van der Waals surface area contributed by atoms with Gasteiger partial charge in [0.05, 0.1) is 50.3 Å². The predicted octanol–water partition coefficient (Wildman–Crippen LogP) is 7.14. The summed E-state index contributed by atoms with van der Waals surface area (Å²) in [6.07, 6.45) is 14.8. The van der Waals surface area contributed by atoms with E-state index in [1.165, 1.54) is 12.0 Å². The number of amides is 1. The summed E-state index contributed by atoms with van der Waals surface area (Å²) in [4.78, 5) is 72.9. The number of nitrogens with zero attached hydrogens (tertiary/aromatic N) is 1. The van der Waals surface area contributed by atoms with Crippen LogP contribution in [0.2, 0.25) is 0 Å². The van der Waals surface area contributed by atoms with Gasteiger partial charge in [-0.25, -0.2) is 4.79 Å². The van der Waals surface area contributed by atoms with Gasteiger partial charge in [0.1, 0.15) is 30.1 Å². The Bertz CT molecular complexity index is 1960. The molecule has 418 valence electrons. The largest absolute Gasteiger partial charge is 0.460 e. The summed E-state index contributed by atoms with van der Waals surface area (Å²) in [5.41, 5.74) is 1.27. The lowest BCUT2D eigenvalue weighted by Gasteiger charge is -2.43. The Morgan fingerprint density at radius 3 is 2.30 bits per heavy atom.